The average molecular weight is 429 g/mol. The number of nitrogens with zero attached hydrogens (tertiary/aromatic N) is 2. The van der Waals surface area contributed by atoms with Crippen molar-refractivity contribution >= 4 is 33.6 Å². The summed E-state index contributed by atoms with van der Waals surface area (Å²) >= 11 is 1.69. The molecule has 0 radical (unpaired) electrons. The second kappa shape index (κ2) is 9.53. The van der Waals surface area contributed by atoms with Gasteiger partial charge in [-0.2, -0.15) is 0 Å². The van der Waals surface area contributed by atoms with Crippen LogP contribution in [0.3, 0.4) is 0 Å². The molecule has 3 rings (SSSR count). The van der Waals surface area contributed by atoms with Crippen molar-refractivity contribution in [1.82, 2.24) is 14.7 Å². The molecule has 2 N–H and O–H groups in total. The zero-order valence-electron chi connectivity index (χ0n) is 15.7. The van der Waals surface area contributed by atoms with Crippen LogP contribution in [-0.2, 0) is 10.0 Å². The number of benzene rings is 2. The maximum absolute atomic E-state index is 12.4. The van der Waals surface area contributed by atoms with Crippen molar-refractivity contribution < 1.29 is 13.2 Å². The van der Waals surface area contributed by atoms with Gasteiger partial charge in [-0.05, 0) is 31.2 Å². The van der Waals surface area contributed by atoms with Crippen molar-refractivity contribution in [2.75, 3.05) is 17.6 Å². The molecule has 7 nitrogen and oxygen atoms in total. The minimum Gasteiger partial charge on any atom is -0.353 e. The molecule has 0 saturated carbocycles. The van der Waals surface area contributed by atoms with Crippen LogP contribution >= 0.6 is 11.8 Å². The first-order chi connectivity index (χ1) is 13.9. The van der Waals surface area contributed by atoms with E-state index >= 15 is 0 Å². The maximum Gasteiger partial charge on any atom is 0.267 e. The van der Waals surface area contributed by atoms with E-state index in [0.717, 1.165) is 11.3 Å². The number of carbonyl (C=O) groups excluding carboxylic acids is 1. The Bertz CT molecular complexity index is 1060. The number of thioether (sulfide) groups is 1. The number of anilines is 1. The Labute approximate surface area is 174 Å². The zero-order chi connectivity index (χ0) is 20.7. The third kappa shape index (κ3) is 6.03. The van der Waals surface area contributed by atoms with E-state index in [0.29, 0.717) is 12.5 Å². The normalized spacial score (nSPS) is 11.1. The van der Waals surface area contributed by atoms with E-state index in [9.17, 15) is 13.2 Å². The van der Waals surface area contributed by atoms with Gasteiger partial charge < -0.3 is 5.32 Å². The molecule has 0 unspecified atom stereocenters. The Morgan fingerprint density at radius 3 is 2.31 bits per heavy atom. The molecule has 150 valence electrons. The van der Waals surface area contributed by atoms with Crippen molar-refractivity contribution in [3.8, 4) is 0 Å². The van der Waals surface area contributed by atoms with Gasteiger partial charge in [0.1, 0.15) is 4.90 Å². The fourth-order valence-electron chi connectivity index (χ4n) is 2.34. The topological polar surface area (TPSA) is 101 Å². The molecule has 0 atom stereocenters. The molecular formula is C20H20N4O3S2. The average Bonchev–Trinajstić information content (AvgIpc) is 2.72. The Kier molecular flexibility index (Phi) is 6.84. The van der Waals surface area contributed by atoms with Crippen LogP contribution in [0.15, 0.2) is 76.8 Å². The van der Waals surface area contributed by atoms with Crippen LogP contribution in [0.1, 0.15) is 15.9 Å². The van der Waals surface area contributed by atoms with E-state index in [-0.39, 0.29) is 10.5 Å². The largest absolute Gasteiger partial charge is 0.353 e. The second-order valence-corrected chi connectivity index (χ2v) is 8.98. The number of aryl methyl sites for hydroxylation is 1. The molecule has 0 spiro atoms. The number of carbonyl (C=O) groups is 1. The van der Waals surface area contributed by atoms with Crippen molar-refractivity contribution in [3.63, 3.8) is 0 Å². The fraction of sp³-hybridized carbons (Fsp3) is 0.150. The lowest BCUT2D eigenvalue weighted by molar-refractivity contribution is 0.0981. The number of aromatic nitrogens is 2. The summed E-state index contributed by atoms with van der Waals surface area (Å²) in [5.41, 5.74) is 1.23. The molecule has 1 amide bonds. The summed E-state index contributed by atoms with van der Waals surface area (Å²) in [6.45, 7) is 2.50. The summed E-state index contributed by atoms with van der Waals surface area (Å²) in [5.74, 6) is 0.424. The van der Waals surface area contributed by atoms with Crippen LogP contribution in [0.25, 0.3) is 0 Å². The van der Waals surface area contributed by atoms with E-state index in [1.54, 1.807) is 36.0 Å². The van der Waals surface area contributed by atoms with Gasteiger partial charge in [0, 0.05) is 22.8 Å². The number of hydrogen-bond donors (Lipinski definition) is 2. The first-order valence-corrected chi connectivity index (χ1v) is 11.3. The fourth-order valence-corrected chi connectivity index (χ4v) is 3.99. The molecule has 0 aliphatic heterocycles. The van der Waals surface area contributed by atoms with Gasteiger partial charge in [-0.3, -0.25) is 4.79 Å². The van der Waals surface area contributed by atoms with Crippen LogP contribution < -0.4 is 10.0 Å². The molecule has 9 heteroatoms. The first-order valence-electron chi connectivity index (χ1n) is 8.82. The van der Waals surface area contributed by atoms with Gasteiger partial charge in [0.25, 0.3) is 15.9 Å². The Morgan fingerprint density at radius 2 is 1.66 bits per heavy atom. The lowest BCUT2D eigenvalue weighted by Gasteiger charge is -2.08. The van der Waals surface area contributed by atoms with Crippen molar-refractivity contribution in [2.24, 2.45) is 0 Å². The van der Waals surface area contributed by atoms with Crippen LogP contribution in [0.4, 0.5) is 5.95 Å². The summed E-state index contributed by atoms with van der Waals surface area (Å²) in [6, 6.07) is 16.6. The van der Waals surface area contributed by atoms with Crippen LogP contribution in [0, 0.1) is 6.92 Å². The van der Waals surface area contributed by atoms with Crippen LogP contribution in [-0.4, -0.2) is 36.6 Å². The third-order valence-corrected chi connectivity index (χ3v) is 6.18. The van der Waals surface area contributed by atoms with Crippen molar-refractivity contribution in [2.45, 2.75) is 16.7 Å². The summed E-state index contributed by atoms with van der Waals surface area (Å²) in [4.78, 5) is 21.2. The molecule has 3 aromatic rings. The minimum absolute atomic E-state index is 0.179. The van der Waals surface area contributed by atoms with E-state index in [1.165, 1.54) is 17.3 Å². The van der Waals surface area contributed by atoms with Gasteiger partial charge >= 0.3 is 0 Å². The lowest BCUT2D eigenvalue weighted by atomic mass is 10.1. The molecule has 2 aromatic carbocycles. The third-order valence-electron chi connectivity index (χ3n) is 3.88. The lowest BCUT2D eigenvalue weighted by Crippen LogP contribution is -2.30. The van der Waals surface area contributed by atoms with Gasteiger partial charge in [0.15, 0.2) is 0 Å². The molecule has 0 aliphatic rings. The predicted octanol–water partition coefficient (Wildman–Crippen LogP) is 3.11. The zero-order valence-corrected chi connectivity index (χ0v) is 17.3. The summed E-state index contributed by atoms with van der Waals surface area (Å²) in [5, 5.41) is 3.04. The van der Waals surface area contributed by atoms with Crippen molar-refractivity contribution in [3.05, 3.63) is 78.1 Å². The van der Waals surface area contributed by atoms with Gasteiger partial charge in [0.2, 0.25) is 5.95 Å². The Balaban J connectivity index is 1.54. The number of sulfonamides is 1. The monoisotopic (exact) mass is 428 g/mol. The van der Waals surface area contributed by atoms with E-state index in [4.69, 9.17) is 0 Å². The molecule has 1 heterocycles. The first kappa shape index (κ1) is 20.8. The van der Waals surface area contributed by atoms with Crippen LogP contribution in [0.2, 0.25) is 0 Å². The van der Waals surface area contributed by atoms with E-state index < -0.39 is 15.9 Å². The van der Waals surface area contributed by atoms with Crippen LogP contribution in [0.5, 0.6) is 0 Å². The summed E-state index contributed by atoms with van der Waals surface area (Å²) in [7, 11) is -4.05. The highest BCUT2D eigenvalue weighted by Crippen LogP contribution is 2.16. The van der Waals surface area contributed by atoms with Crippen molar-refractivity contribution in [1.29, 1.82) is 0 Å². The quantitative estimate of drug-likeness (QED) is 0.420. The maximum atomic E-state index is 12.4. The minimum atomic E-state index is -4.05. The standard InChI is InChI=1S/C20H20N4O3S2/c1-15-7-9-16(10-8-15)19(25)24-29(26,27)18-13-22-20(23-14-18)21-11-12-28-17-5-3-2-4-6-17/h2-10,13-14H,11-12H2,1H3,(H,24,25)(H,21,22,23). The summed E-state index contributed by atoms with van der Waals surface area (Å²) < 4.78 is 26.8. The molecule has 0 bridgehead atoms. The number of rotatable bonds is 8. The molecule has 29 heavy (non-hydrogen) atoms. The van der Waals surface area contributed by atoms with Gasteiger partial charge in [-0.15, -0.1) is 11.8 Å². The number of amides is 1. The van der Waals surface area contributed by atoms with E-state index in [1.807, 2.05) is 42.0 Å². The number of hydrogen-bond acceptors (Lipinski definition) is 7. The molecule has 0 aliphatic carbocycles. The summed E-state index contributed by atoms with van der Waals surface area (Å²) in [6.07, 6.45) is 2.34. The smallest absolute Gasteiger partial charge is 0.267 e. The molecular weight excluding hydrogens is 408 g/mol. The van der Waals surface area contributed by atoms with Gasteiger partial charge in [0.05, 0.1) is 12.4 Å². The van der Waals surface area contributed by atoms with E-state index in [2.05, 4.69) is 15.3 Å². The highest BCUT2D eigenvalue weighted by Gasteiger charge is 2.19. The second-order valence-electron chi connectivity index (χ2n) is 6.13. The Morgan fingerprint density at radius 1 is 1.00 bits per heavy atom. The van der Waals surface area contributed by atoms with Gasteiger partial charge in [-0.25, -0.2) is 23.1 Å². The highest BCUT2D eigenvalue weighted by atomic mass is 32.2. The SMILES string of the molecule is Cc1ccc(C(=O)NS(=O)(=O)c2cnc(NCCSc3ccccc3)nc2)cc1. The molecule has 1 aromatic heterocycles. The molecule has 0 fully saturated rings. The predicted molar refractivity (Wildman–Crippen MR) is 114 cm³/mol. The van der Waals surface area contributed by atoms with Gasteiger partial charge in [-0.1, -0.05) is 35.9 Å². The molecule has 0 saturated heterocycles. The highest BCUT2D eigenvalue weighted by molar-refractivity contribution is 7.99. The Hall–Kier alpha value is -2.91. The number of nitrogens with one attached hydrogen (secondary N) is 2.